The minimum absolute atomic E-state index is 0. The predicted octanol–water partition coefficient (Wildman–Crippen LogP) is -12.1. The summed E-state index contributed by atoms with van der Waals surface area (Å²) in [6.07, 6.45) is 0. The molecule has 0 unspecified atom stereocenters. The third kappa shape index (κ3) is 219. The Morgan fingerprint density at radius 1 is 0.385 bits per heavy atom. The largest absolute Gasteiger partial charge is 1.00 e. The van der Waals surface area contributed by atoms with Crippen LogP contribution in [0.1, 0.15) is 0 Å². The number of hydrogen-bond donors (Lipinski definition) is 0. The zero-order valence-electron chi connectivity index (χ0n) is 8.04. The monoisotopic (exact) mass is 302 g/mol. The first-order chi connectivity index (χ1) is 4.00. The average Bonchev–Trinajstić information content (AvgIpc) is 2.03. The molecule has 0 atom stereocenters. The summed E-state index contributed by atoms with van der Waals surface area (Å²) in [5, 5.41) is 0. The van der Waals surface area contributed by atoms with Gasteiger partial charge in [0.05, 0.1) is 0 Å². The van der Waals surface area contributed by atoms with Crippen LogP contribution in [-0.4, -0.2) is 0 Å². The Hall–Kier alpha value is 3.65. The van der Waals surface area contributed by atoms with Crippen LogP contribution in [0.3, 0.4) is 0 Å². The summed E-state index contributed by atoms with van der Waals surface area (Å²) < 4.78 is 30.0. The first-order valence-corrected chi connectivity index (χ1v) is 0.816. The van der Waals surface area contributed by atoms with Crippen molar-refractivity contribution in [1.82, 2.24) is 0 Å². The van der Waals surface area contributed by atoms with Crippen molar-refractivity contribution in [2.45, 2.75) is 0 Å². The van der Waals surface area contributed by atoms with Crippen molar-refractivity contribution in [3.8, 4) is 0 Å². The van der Waals surface area contributed by atoms with E-state index in [0.717, 1.165) is 0 Å². The smallest absolute Gasteiger partial charge is 0 e. The third-order valence-corrected chi connectivity index (χ3v) is 0. The van der Waals surface area contributed by atoms with Gasteiger partial charge in [-0.05, 0) is 0 Å². The van der Waals surface area contributed by atoms with Gasteiger partial charge >= 0.3 is 163 Å². The Morgan fingerprint density at radius 3 is 0.385 bits per heavy atom. The van der Waals surface area contributed by atoms with Gasteiger partial charge < -0.3 is 0 Å². The molecule has 0 heterocycles. The maximum absolute atomic E-state index is 7.50. The SMILES string of the molecule is [C-]#[O+].[C-]#[O+].[C-]#[O+].[C-]#[O+].[Mo].[Na+].[Na+].[Na+].[Na+]. The molecular formula is C4MoNa4O4+4. The predicted molar refractivity (Wildman–Crippen MR) is 15.7 cm³/mol. The van der Waals surface area contributed by atoms with E-state index in [4.69, 9.17) is 18.6 Å². The van der Waals surface area contributed by atoms with Crippen LogP contribution in [0.4, 0.5) is 0 Å². The molecule has 46 valence electrons. The summed E-state index contributed by atoms with van der Waals surface area (Å²) in [7, 11) is 0. The molecule has 0 aromatic heterocycles. The summed E-state index contributed by atoms with van der Waals surface area (Å²) in [4.78, 5) is 0. The van der Waals surface area contributed by atoms with E-state index < -0.39 is 0 Å². The molecule has 0 radical (unpaired) electrons. The normalized spacial score (nSPS) is 0.615. The maximum Gasteiger partial charge on any atom is 1.00 e. The van der Waals surface area contributed by atoms with Crippen LogP contribution in [0.25, 0.3) is 0 Å². The molecular weight excluding hydrogens is 300 g/mol. The Labute approximate surface area is 180 Å². The number of hydrogen-bond acceptors (Lipinski definition) is 0. The van der Waals surface area contributed by atoms with E-state index in [9.17, 15) is 0 Å². The van der Waals surface area contributed by atoms with Crippen LogP contribution in [-0.2, 0) is 39.7 Å². The summed E-state index contributed by atoms with van der Waals surface area (Å²) in [6, 6.07) is 0. The topological polar surface area (TPSA) is 79.6 Å². The molecule has 0 bridgehead atoms. The van der Waals surface area contributed by atoms with Gasteiger partial charge in [-0.15, -0.1) is 0 Å². The van der Waals surface area contributed by atoms with Crippen molar-refractivity contribution in [3.63, 3.8) is 0 Å². The second-order valence-electron chi connectivity index (χ2n) is 0. The van der Waals surface area contributed by atoms with Gasteiger partial charge in [0.15, 0.2) is 0 Å². The van der Waals surface area contributed by atoms with Crippen LogP contribution in [0.2, 0.25) is 0 Å². The maximum atomic E-state index is 7.50. The van der Waals surface area contributed by atoms with E-state index >= 15 is 0 Å². The number of rotatable bonds is 0. The molecule has 0 rings (SSSR count). The minimum Gasteiger partial charge on any atom is 0 e. The minimum atomic E-state index is 0. The Balaban J connectivity index is -0.00000000208. The molecule has 0 aliphatic carbocycles. The van der Waals surface area contributed by atoms with Crippen molar-refractivity contribution in [2.75, 3.05) is 0 Å². The molecule has 0 N–H and O–H groups in total. The van der Waals surface area contributed by atoms with Crippen LogP contribution < -0.4 is 118 Å². The van der Waals surface area contributed by atoms with E-state index in [1.165, 1.54) is 0 Å². The Morgan fingerprint density at radius 2 is 0.385 bits per heavy atom. The Bertz CT molecular complexity index is 67.1. The second kappa shape index (κ2) is 252. The molecule has 0 amide bonds. The van der Waals surface area contributed by atoms with Gasteiger partial charge in [-0.3, -0.25) is 0 Å². The van der Waals surface area contributed by atoms with Gasteiger partial charge in [-0.25, -0.2) is 0 Å². The zero-order valence-corrected chi connectivity index (χ0v) is 18.0. The Kier molecular flexibility index (Phi) is 1350. The molecule has 0 saturated heterocycles. The van der Waals surface area contributed by atoms with Gasteiger partial charge in [0, 0.05) is 21.1 Å². The van der Waals surface area contributed by atoms with Crippen molar-refractivity contribution in [2.24, 2.45) is 0 Å². The molecule has 0 saturated carbocycles. The summed E-state index contributed by atoms with van der Waals surface area (Å²) >= 11 is 0. The molecule has 0 aromatic carbocycles. The molecule has 4 nitrogen and oxygen atoms in total. The standard InChI is InChI=1S/4CO.Mo.4Na/c4*1-2;;;;;/q;;;;;4*+1. The van der Waals surface area contributed by atoms with E-state index in [-0.39, 0.29) is 139 Å². The molecule has 0 aliphatic heterocycles. The average molecular weight is 300 g/mol. The van der Waals surface area contributed by atoms with Gasteiger partial charge in [0.25, 0.3) is 0 Å². The van der Waals surface area contributed by atoms with E-state index in [1.54, 1.807) is 0 Å². The summed E-state index contributed by atoms with van der Waals surface area (Å²) in [5.74, 6) is 0. The van der Waals surface area contributed by atoms with Crippen LogP contribution in [0, 0.1) is 26.6 Å². The van der Waals surface area contributed by atoms with Gasteiger partial charge in [0.1, 0.15) is 0 Å². The van der Waals surface area contributed by atoms with Crippen LogP contribution in [0.5, 0.6) is 0 Å². The first-order valence-electron chi connectivity index (χ1n) is 0.816. The van der Waals surface area contributed by atoms with E-state index in [2.05, 4.69) is 26.6 Å². The fourth-order valence-corrected chi connectivity index (χ4v) is 0. The zero-order chi connectivity index (χ0) is 8.00. The third-order valence-electron chi connectivity index (χ3n) is 0. The van der Waals surface area contributed by atoms with Gasteiger partial charge in [0.2, 0.25) is 0 Å². The summed E-state index contributed by atoms with van der Waals surface area (Å²) in [6.45, 7) is 18.0. The molecule has 0 fully saturated rings. The first kappa shape index (κ1) is 69.7. The molecule has 0 aromatic rings. The van der Waals surface area contributed by atoms with E-state index in [0.29, 0.717) is 0 Å². The van der Waals surface area contributed by atoms with Crippen molar-refractivity contribution >= 4 is 0 Å². The molecule has 0 spiro atoms. The second-order valence-corrected chi connectivity index (χ2v) is 0. The van der Waals surface area contributed by atoms with Crippen molar-refractivity contribution in [1.29, 1.82) is 0 Å². The quantitative estimate of drug-likeness (QED) is 0.242. The molecule has 9 heteroatoms. The van der Waals surface area contributed by atoms with Crippen LogP contribution >= 0.6 is 0 Å². The van der Waals surface area contributed by atoms with Crippen LogP contribution in [0.15, 0.2) is 0 Å². The van der Waals surface area contributed by atoms with Crippen molar-refractivity contribution < 1.29 is 158 Å². The fraction of sp³-hybridized carbons (Fsp3) is 0. The van der Waals surface area contributed by atoms with Gasteiger partial charge in [-0.2, -0.15) is 0 Å². The van der Waals surface area contributed by atoms with Gasteiger partial charge in [-0.1, -0.05) is 0 Å². The molecule has 0 aliphatic rings. The molecule has 13 heavy (non-hydrogen) atoms. The summed E-state index contributed by atoms with van der Waals surface area (Å²) in [5.41, 5.74) is 0. The van der Waals surface area contributed by atoms with E-state index in [1.807, 2.05) is 0 Å². The fourth-order valence-electron chi connectivity index (χ4n) is 0. The van der Waals surface area contributed by atoms with Crippen molar-refractivity contribution in [3.05, 3.63) is 26.6 Å².